The van der Waals surface area contributed by atoms with E-state index < -0.39 is 5.41 Å². The molecule has 1 N–H and O–H groups in total. The number of nitrogens with one attached hydrogen (secondary N) is 1. The van der Waals surface area contributed by atoms with Crippen LogP contribution in [0.5, 0.6) is 11.5 Å². The molecule has 2 heterocycles. The molecule has 1 aromatic heterocycles. The molecule has 2 aliphatic rings. The SMILES string of the molecule is CCOC(=O)Cc1cc2cc(CC(=O)C3(c4ccc5c(c4)OCO5)CC3)ccc2[nH]1. The molecule has 154 valence electrons. The Hall–Kier alpha value is -3.28. The fraction of sp³-hybridized carbons (Fsp3) is 0.333. The van der Waals surface area contributed by atoms with Crippen LogP contribution in [-0.2, 0) is 32.6 Å². The minimum atomic E-state index is -0.414. The molecule has 2 aromatic carbocycles. The number of hydrogen-bond donors (Lipinski definition) is 1. The Kier molecular flexibility index (Phi) is 4.50. The summed E-state index contributed by atoms with van der Waals surface area (Å²) in [5.41, 5.74) is 3.33. The molecule has 0 spiro atoms. The van der Waals surface area contributed by atoms with Crippen LogP contribution in [0.4, 0.5) is 0 Å². The molecule has 0 saturated heterocycles. The minimum Gasteiger partial charge on any atom is -0.466 e. The lowest BCUT2D eigenvalue weighted by Gasteiger charge is -2.15. The normalized spacial score (nSPS) is 15.9. The molecule has 1 fully saturated rings. The third kappa shape index (κ3) is 3.32. The summed E-state index contributed by atoms with van der Waals surface area (Å²) in [6, 6.07) is 13.7. The van der Waals surface area contributed by atoms with Crippen LogP contribution >= 0.6 is 0 Å². The van der Waals surface area contributed by atoms with E-state index in [2.05, 4.69) is 4.98 Å². The van der Waals surface area contributed by atoms with Crippen LogP contribution in [-0.4, -0.2) is 30.1 Å². The first-order chi connectivity index (χ1) is 14.6. The van der Waals surface area contributed by atoms with Crippen molar-refractivity contribution in [2.75, 3.05) is 13.4 Å². The van der Waals surface area contributed by atoms with E-state index in [0.29, 0.717) is 13.0 Å². The predicted molar refractivity (Wildman–Crippen MR) is 111 cm³/mol. The third-order valence-electron chi connectivity index (χ3n) is 5.95. The molecule has 0 bridgehead atoms. The van der Waals surface area contributed by atoms with Crippen LogP contribution in [0.1, 0.15) is 36.6 Å². The fourth-order valence-electron chi connectivity index (χ4n) is 4.22. The average molecular weight is 405 g/mol. The number of H-pyrrole nitrogens is 1. The molecule has 3 aromatic rings. The summed E-state index contributed by atoms with van der Waals surface area (Å²) in [5.74, 6) is 1.43. The predicted octanol–water partition coefficient (Wildman–Crippen LogP) is 3.85. The molecule has 6 nitrogen and oxygen atoms in total. The first-order valence-electron chi connectivity index (χ1n) is 10.3. The van der Waals surface area contributed by atoms with Gasteiger partial charge in [0.2, 0.25) is 6.79 Å². The number of hydrogen-bond acceptors (Lipinski definition) is 5. The van der Waals surface area contributed by atoms with E-state index >= 15 is 0 Å². The van der Waals surface area contributed by atoms with Crippen LogP contribution in [0.3, 0.4) is 0 Å². The van der Waals surface area contributed by atoms with E-state index in [9.17, 15) is 9.59 Å². The monoisotopic (exact) mass is 405 g/mol. The van der Waals surface area contributed by atoms with E-state index in [1.54, 1.807) is 6.92 Å². The van der Waals surface area contributed by atoms with Gasteiger partial charge in [0.1, 0.15) is 5.78 Å². The van der Waals surface area contributed by atoms with Crippen molar-refractivity contribution in [1.29, 1.82) is 0 Å². The largest absolute Gasteiger partial charge is 0.466 e. The van der Waals surface area contributed by atoms with Crippen LogP contribution in [0, 0.1) is 0 Å². The maximum absolute atomic E-state index is 13.2. The number of benzene rings is 2. The molecular formula is C24H23NO5. The summed E-state index contributed by atoms with van der Waals surface area (Å²) in [5, 5.41) is 0.993. The highest BCUT2D eigenvalue weighted by atomic mass is 16.7. The Morgan fingerprint density at radius 1 is 1.03 bits per heavy atom. The standard InChI is InChI=1S/C24H23NO5/c1-2-28-23(27)13-18-11-16-9-15(3-5-19(16)25-18)10-22(26)24(7-8-24)17-4-6-20-21(12-17)30-14-29-20/h3-6,9,11-12,25H,2,7-8,10,13-14H2,1H3. The van der Waals surface area contributed by atoms with Gasteiger partial charge in [-0.25, -0.2) is 0 Å². The van der Waals surface area contributed by atoms with Gasteiger partial charge in [-0.2, -0.15) is 0 Å². The number of carbonyl (C=O) groups is 2. The number of Topliss-reactive ketones (excluding diaryl/α,β-unsaturated/α-hetero) is 1. The van der Waals surface area contributed by atoms with Crippen LogP contribution in [0.25, 0.3) is 10.9 Å². The van der Waals surface area contributed by atoms with Crippen molar-refractivity contribution in [3.05, 3.63) is 59.3 Å². The summed E-state index contributed by atoms with van der Waals surface area (Å²) in [6.07, 6.45) is 2.32. The van der Waals surface area contributed by atoms with Gasteiger partial charge in [0.15, 0.2) is 11.5 Å². The van der Waals surface area contributed by atoms with Crippen molar-refractivity contribution < 1.29 is 23.8 Å². The van der Waals surface area contributed by atoms with Crippen molar-refractivity contribution in [3.63, 3.8) is 0 Å². The first kappa shape index (κ1) is 18.7. The zero-order valence-corrected chi connectivity index (χ0v) is 16.8. The molecular weight excluding hydrogens is 382 g/mol. The molecule has 30 heavy (non-hydrogen) atoms. The smallest absolute Gasteiger partial charge is 0.311 e. The second-order valence-electron chi connectivity index (χ2n) is 7.95. The van der Waals surface area contributed by atoms with Crippen molar-refractivity contribution in [3.8, 4) is 11.5 Å². The summed E-state index contributed by atoms with van der Waals surface area (Å²) in [4.78, 5) is 28.2. The Morgan fingerprint density at radius 2 is 1.87 bits per heavy atom. The third-order valence-corrected chi connectivity index (χ3v) is 5.95. The van der Waals surface area contributed by atoms with Gasteiger partial charge in [0.05, 0.1) is 18.4 Å². The molecule has 1 saturated carbocycles. The van der Waals surface area contributed by atoms with Gasteiger partial charge in [0, 0.05) is 17.6 Å². The Balaban J connectivity index is 1.33. The lowest BCUT2D eigenvalue weighted by atomic mass is 9.87. The number of ether oxygens (including phenoxy) is 3. The maximum Gasteiger partial charge on any atom is 0.311 e. The van der Waals surface area contributed by atoms with Crippen molar-refractivity contribution in [2.24, 2.45) is 0 Å². The highest BCUT2D eigenvalue weighted by molar-refractivity contribution is 5.95. The van der Waals surface area contributed by atoms with E-state index in [1.165, 1.54) is 0 Å². The summed E-state index contributed by atoms with van der Waals surface area (Å²) < 4.78 is 15.9. The lowest BCUT2D eigenvalue weighted by Crippen LogP contribution is -2.22. The zero-order valence-electron chi connectivity index (χ0n) is 16.8. The van der Waals surface area contributed by atoms with E-state index in [0.717, 1.165) is 52.1 Å². The highest BCUT2D eigenvalue weighted by Gasteiger charge is 2.50. The van der Waals surface area contributed by atoms with Crippen molar-refractivity contribution in [1.82, 2.24) is 4.98 Å². The van der Waals surface area contributed by atoms with E-state index in [-0.39, 0.29) is 25.0 Å². The van der Waals surface area contributed by atoms with Crippen LogP contribution in [0.15, 0.2) is 42.5 Å². The summed E-state index contributed by atoms with van der Waals surface area (Å²) >= 11 is 0. The fourth-order valence-corrected chi connectivity index (χ4v) is 4.22. The first-order valence-corrected chi connectivity index (χ1v) is 10.3. The molecule has 5 rings (SSSR count). The number of aromatic nitrogens is 1. The Bertz CT molecular complexity index is 1140. The van der Waals surface area contributed by atoms with Crippen molar-refractivity contribution >= 4 is 22.7 Å². The van der Waals surface area contributed by atoms with Gasteiger partial charge < -0.3 is 19.2 Å². The van der Waals surface area contributed by atoms with Gasteiger partial charge in [-0.05, 0) is 66.6 Å². The molecule has 1 aliphatic carbocycles. The summed E-state index contributed by atoms with van der Waals surface area (Å²) in [6.45, 7) is 2.40. The molecule has 1 aliphatic heterocycles. The number of aromatic amines is 1. The van der Waals surface area contributed by atoms with E-state index in [1.807, 2.05) is 42.5 Å². The van der Waals surface area contributed by atoms with Gasteiger partial charge in [-0.1, -0.05) is 12.1 Å². The van der Waals surface area contributed by atoms with Gasteiger partial charge in [-0.3, -0.25) is 9.59 Å². The van der Waals surface area contributed by atoms with Crippen LogP contribution in [0.2, 0.25) is 0 Å². The average Bonchev–Trinajstić information content (AvgIpc) is 3.24. The van der Waals surface area contributed by atoms with Gasteiger partial charge >= 0.3 is 5.97 Å². The number of rotatable bonds is 7. The number of fused-ring (bicyclic) bond motifs is 2. The van der Waals surface area contributed by atoms with E-state index in [4.69, 9.17) is 14.2 Å². The maximum atomic E-state index is 13.2. The number of carbonyl (C=O) groups excluding carboxylic acids is 2. The Morgan fingerprint density at radius 3 is 2.67 bits per heavy atom. The minimum absolute atomic E-state index is 0.212. The second kappa shape index (κ2) is 7.20. The molecule has 0 amide bonds. The van der Waals surface area contributed by atoms with Crippen molar-refractivity contribution in [2.45, 2.75) is 38.0 Å². The molecule has 6 heteroatoms. The quantitative estimate of drug-likeness (QED) is 0.604. The highest BCUT2D eigenvalue weighted by Crippen LogP contribution is 2.51. The van der Waals surface area contributed by atoms with Gasteiger partial charge in [0.25, 0.3) is 0 Å². The molecule has 0 radical (unpaired) electrons. The zero-order chi connectivity index (χ0) is 20.7. The Labute approximate surface area is 174 Å². The second-order valence-corrected chi connectivity index (χ2v) is 7.95. The molecule has 0 unspecified atom stereocenters. The number of ketones is 1. The lowest BCUT2D eigenvalue weighted by molar-refractivity contribution is -0.142. The summed E-state index contributed by atoms with van der Waals surface area (Å²) in [7, 11) is 0. The number of esters is 1. The molecule has 0 atom stereocenters. The van der Waals surface area contributed by atoms with Gasteiger partial charge in [-0.15, -0.1) is 0 Å². The topological polar surface area (TPSA) is 77.6 Å². The van der Waals surface area contributed by atoms with Crippen LogP contribution < -0.4 is 9.47 Å².